The fourth-order valence-corrected chi connectivity index (χ4v) is 7.04. The average molecular weight is 610 g/mol. The van der Waals surface area contributed by atoms with Crippen molar-refractivity contribution in [2.75, 3.05) is 40.8 Å². The van der Waals surface area contributed by atoms with Gasteiger partial charge in [-0.15, -0.1) is 0 Å². The molecule has 3 aromatic rings. The first-order chi connectivity index (χ1) is 20.3. The molecule has 1 amide bonds. The van der Waals surface area contributed by atoms with Crippen LogP contribution >= 0.6 is 0 Å². The molecular formula is C32H39N3O7S. The van der Waals surface area contributed by atoms with Crippen LogP contribution in [0.3, 0.4) is 0 Å². The summed E-state index contributed by atoms with van der Waals surface area (Å²) < 4.78 is 35.5. The van der Waals surface area contributed by atoms with Crippen LogP contribution in [0.5, 0.6) is 5.75 Å². The van der Waals surface area contributed by atoms with E-state index in [1.165, 1.54) is 15.3 Å². The van der Waals surface area contributed by atoms with Gasteiger partial charge in [-0.25, -0.2) is 13.2 Å². The number of aromatic carboxylic acids is 1. The molecule has 0 saturated heterocycles. The van der Waals surface area contributed by atoms with Gasteiger partial charge in [-0.1, -0.05) is 43.3 Å². The monoisotopic (exact) mass is 609 g/mol. The number of aliphatic hydroxyl groups is 1. The Morgan fingerprint density at radius 3 is 2.30 bits per heavy atom. The SMILES string of the molecule is C[C@H](CO)N1C[C@H](C)[C@H](CN(C)Cc2ccccc2C(=O)O)Oc2cc(-c3ccc(C(=O)N(C)C)cc3)ccc2S1(=O)=O. The van der Waals surface area contributed by atoms with Crippen molar-refractivity contribution in [1.82, 2.24) is 14.1 Å². The number of rotatable bonds is 9. The number of carboxylic acid groups (broad SMARTS) is 1. The molecule has 1 aliphatic heterocycles. The second-order valence-corrected chi connectivity index (χ2v) is 13.2. The molecule has 1 aliphatic rings. The number of fused-ring (bicyclic) bond motifs is 1. The van der Waals surface area contributed by atoms with E-state index < -0.39 is 28.1 Å². The molecule has 1 heterocycles. The smallest absolute Gasteiger partial charge is 0.336 e. The molecule has 0 unspecified atom stereocenters. The number of aliphatic hydroxyl groups excluding tert-OH is 1. The number of amides is 1. The highest BCUT2D eigenvalue weighted by Crippen LogP contribution is 2.36. The Bertz CT molecular complexity index is 1570. The van der Waals surface area contributed by atoms with Crippen LogP contribution < -0.4 is 4.74 Å². The van der Waals surface area contributed by atoms with E-state index in [1.54, 1.807) is 69.6 Å². The lowest BCUT2D eigenvalue weighted by atomic mass is 10.0. The van der Waals surface area contributed by atoms with Gasteiger partial charge in [-0.2, -0.15) is 4.31 Å². The zero-order chi connectivity index (χ0) is 31.5. The van der Waals surface area contributed by atoms with Gasteiger partial charge in [-0.05, 0) is 61.0 Å². The minimum absolute atomic E-state index is 0.00623. The van der Waals surface area contributed by atoms with E-state index in [-0.39, 0.29) is 41.2 Å². The summed E-state index contributed by atoms with van der Waals surface area (Å²) in [5.74, 6) is -1.20. The number of carboxylic acids is 1. The molecule has 3 atom stereocenters. The Kier molecular flexibility index (Phi) is 9.91. The van der Waals surface area contributed by atoms with Crippen molar-refractivity contribution in [2.24, 2.45) is 5.92 Å². The minimum Gasteiger partial charge on any atom is -0.487 e. The van der Waals surface area contributed by atoms with Crippen LogP contribution in [0.25, 0.3) is 11.1 Å². The molecule has 3 aromatic carbocycles. The summed E-state index contributed by atoms with van der Waals surface area (Å²) in [5, 5.41) is 19.5. The van der Waals surface area contributed by atoms with Crippen LogP contribution in [-0.2, 0) is 16.6 Å². The first-order valence-electron chi connectivity index (χ1n) is 14.1. The molecule has 11 heteroatoms. The Balaban J connectivity index is 1.71. The number of ether oxygens (including phenoxy) is 1. The van der Waals surface area contributed by atoms with E-state index in [2.05, 4.69) is 0 Å². The maximum atomic E-state index is 13.9. The van der Waals surface area contributed by atoms with Crippen molar-refractivity contribution in [3.63, 3.8) is 0 Å². The number of likely N-dealkylation sites (N-methyl/N-ethyl adjacent to an activating group) is 1. The van der Waals surface area contributed by atoms with Crippen molar-refractivity contribution in [2.45, 2.75) is 37.4 Å². The maximum absolute atomic E-state index is 13.9. The molecule has 0 radical (unpaired) electrons. The van der Waals surface area contributed by atoms with Crippen LogP contribution in [0, 0.1) is 5.92 Å². The number of sulfonamides is 1. The topological polar surface area (TPSA) is 128 Å². The van der Waals surface area contributed by atoms with E-state index >= 15 is 0 Å². The summed E-state index contributed by atoms with van der Waals surface area (Å²) >= 11 is 0. The third kappa shape index (κ3) is 7.07. The van der Waals surface area contributed by atoms with E-state index in [0.29, 0.717) is 24.2 Å². The Hall–Kier alpha value is -3.77. The molecule has 2 N–H and O–H groups in total. The lowest BCUT2D eigenvalue weighted by Crippen LogP contribution is -2.49. The normalized spacial score (nSPS) is 19.0. The summed E-state index contributed by atoms with van der Waals surface area (Å²) in [5.41, 5.74) is 2.93. The van der Waals surface area contributed by atoms with Crippen molar-refractivity contribution in [3.05, 3.63) is 83.4 Å². The van der Waals surface area contributed by atoms with Crippen LogP contribution in [0.4, 0.5) is 0 Å². The Morgan fingerprint density at radius 2 is 1.67 bits per heavy atom. The van der Waals surface area contributed by atoms with Gasteiger partial charge in [0, 0.05) is 51.3 Å². The van der Waals surface area contributed by atoms with E-state index in [9.17, 15) is 28.2 Å². The summed E-state index contributed by atoms with van der Waals surface area (Å²) in [4.78, 5) is 27.5. The fraction of sp³-hybridized carbons (Fsp3) is 0.375. The number of carbonyl (C=O) groups excluding carboxylic acids is 1. The molecule has 230 valence electrons. The summed E-state index contributed by atoms with van der Waals surface area (Å²) in [7, 11) is 1.23. The largest absolute Gasteiger partial charge is 0.487 e. The highest BCUT2D eigenvalue weighted by atomic mass is 32.2. The number of carbonyl (C=O) groups is 2. The lowest BCUT2D eigenvalue weighted by Gasteiger charge is -2.37. The average Bonchev–Trinajstić information content (AvgIpc) is 2.98. The number of nitrogens with zero attached hydrogens (tertiary/aromatic N) is 3. The molecule has 0 aromatic heterocycles. The Morgan fingerprint density at radius 1 is 1.02 bits per heavy atom. The van der Waals surface area contributed by atoms with Crippen molar-refractivity contribution >= 4 is 21.9 Å². The van der Waals surface area contributed by atoms with Gasteiger partial charge < -0.3 is 19.8 Å². The highest BCUT2D eigenvalue weighted by molar-refractivity contribution is 7.89. The van der Waals surface area contributed by atoms with Gasteiger partial charge >= 0.3 is 5.97 Å². The van der Waals surface area contributed by atoms with E-state index in [0.717, 1.165) is 11.1 Å². The van der Waals surface area contributed by atoms with E-state index in [4.69, 9.17) is 4.74 Å². The molecule has 0 fully saturated rings. The first kappa shape index (κ1) is 32.2. The lowest BCUT2D eigenvalue weighted by molar-refractivity contribution is 0.0686. The van der Waals surface area contributed by atoms with Crippen molar-refractivity contribution in [1.29, 1.82) is 0 Å². The number of benzene rings is 3. The highest BCUT2D eigenvalue weighted by Gasteiger charge is 2.38. The minimum atomic E-state index is -4.01. The number of hydrogen-bond acceptors (Lipinski definition) is 7. The standard InChI is InChI=1S/C32H39N3O7S/c1-21-17-35(22(2)20-36)43(40,41)30-15-14-25(23-10-12-24(13-11-23)31(37)33(3)4)16-28(30)42-29(21)19-34(5)18-26-8-6-7-9-27(26)32(38)39/h6-16,21-22,29,36H,17-20H2,1-5H3,(H,38,39)/t21-,22+,29-/m0/s1. The van der Waals surface area contributed by atoms with Crippen molar-refractivity contribution in [3.8, 4) is 16.9 Å². The van der Waals surface area contributed by atoms with Crippen LogP contribution in [0.1, 0.15) is 40.1 Å². The van der Waals surface area contributed by atoms with Gasteiger partial charge in [0.25, 0.3) is 5.91 Å². The summed E-state index contributed by atoms with van der Waals surface area (Å²) in [6, 6.07) is 18.2. The second kappa shape index (κ2) is 13.3. The van der Waals surface area contributed by atoms with Gasteiger partial charge in [0.1, 0.15) is 16.7 Å². The zero-order valence-electron chi connectivity index (χ0n) is 25.1. The van der Waals surface area contributed by atoms with Gasteiger partial charge in [0.05, 0.1) is 12.2 Å². The molecular weight excluding hydrogens is 570 g/mol. The van der Waals surface area contributed by atoms with Crippen molar-refractivity contribution < 1.29 is 33.0 Å². The first-order valence-corrected chi connectivity index (χ1v) is 15.5. The fourth-order valence-electron chi connectivity index (χ4n) is 5.22. The van der Waals surface area contributed by atoms with Crippen LogP contribution in [-0.4, -0.2) is 97.6 Å². The Labute approximate surface area is 253 Å². The molecule has 10 nitrogen and oxygen atoms in total. The molecule has 0 bridgehead atoms. The predicted octanol–water partition coefficient (Wildman–Crippen LogP) is 3.65. The molecule has 0 aliphatic carbocycles. The summed E-state index contributed by atoms with van der Waals surface area (Å²) in [6.45, 7) is 4.12. The molecule has 43 heavy (non-hydrogen) atoms. The number of hydrogen-bond donors (Lipinski definition) is 2. The quantitative estimate of drug-likeness (QED) is 0.377. The zero-order valence-corrected chi connectivity index (χ0v) is 25.9. The second-order valence-electron chi connectivity index (χ2n) is 11.3. The summed E-state index contributed by atoms with van der Waals surface area (Å²) in [6.07, 6.45) is -0.458. The molecule has 4 rings (SSSR count). The predicted molar refractivity (Wildman–Crippen MR) is 164 cm³/mol. The van der Waals surface area contributed by atoms with Gasteiger partial charge in [0.15, 0.2) is 0 Å². The van der Waals surface area contributed by atoms with E-state index in [1.807, 2.05) is 31.0 Å². The molecule has 0 spiro atoms. The maximum Gasteiger partial charge on any atom is 0.336 e. The van der Waals surface area contributed by atoms with Gasteiger partial charge in [-0.3, -0.25) is 9.69 Å². The third-order valence-electron chi connectivity index (χ3n) is 7.72. The molecule has 0 saturated carbocycles. The third-order valence-corrected chi connectivity index (χ3v) is 9.74. The van der Waals surface area contributed by atoms with Gasteiger partial charge in [0.2, 0.25) is 10.0 Å². The van der Waals surface area contributed by atoms with Crippen LogP contribution in [0.15, 0.2) is 71.6 Å². The van der Waals surface area contributed by atoms with Crippen LogP contribution in [0.2, 0.25) is 0 Å².